The van der Waals surface area contributed by atoms with Crippen molar-refractivity contribution in [2.45, 2.75) is 31.7 Å². The molecule has 1 aliphatic rings. The van der Waals surface area contributed by atoms with Gasteiger partial charge in [0.25, 0.3) is 5.91 Å². The first-order chi connectivity index (χ1) is 8.74. The number of thiophene rings is 1. The van der Waals surface area contributed by atoms with Crippen LogP contribution in [0.2, 0.25) is 0 Å². The fourth-order valence-corrected chi connectivity index (χ4v) is 2.29. The highest BCUT2D eigenvalue weighted by Crippen LogP contribution is 2.38. The maximum atomic E-state index is 11.9. The average molecular weight is 263 g/mol. The first-order valence-corrected chi connectivity index (χ1v) is 6.80. The molecule has 0 radical (unpaired) electrons. The van der Waals surface area contributed by atoms with Crippen LogP contribution >= 0.6 is 11.3 Å². The minimum absolute atomic E-state index is 0.108. The zero-order valence-electron chi connectivity index (χ0n) is 9.92. The lowest BCUT2D eigenvalue weighted by atomic mass is 10.3. The van der Waals surface area contributed by atoms with Gasteiger partial charge in [0.15, 0.2) is 5.82 Å². The average Bonchev–Trinajstić information content (AvgIpc) is 2.91. The van der Waals surface area contributed by atoms with Gasteiger partial charge < -0.3 is 9.84 Å². The Morgan fingerprint density at radius 1 is 1.61 bits per heavy atom. The second-order valence-electron chi connectivity index (χ2n) is 4.44. The monoisotopic (exact) mass is 263 g/mol. The van der Waals surface area contributed by atoms with Crippen LogP contribution < -0.4 is 5.32 Å². The molecule has 0 aliphatic heterocycles. The number of carbonyl (C=O) groups is 1. The van der Waals surface area contributed by atoms with Crippen LogP contribution in [0.15, 0.2) is 22.0 Å². The summed E-state index contributed by atoms with van der Waals surface area (Å²) in [6, 6.07) is 3.37. The lowest BCUT2D eigenvalue weighted by Gasteiger charge is -2.07. The summed E-state index contributed by atoms with van der Waals surface area (Å²) in [7, 11) is 0. The molecular formula is C12H13N3O2S. The van der Waals surface area contributed by atoms with Gasteiger partial charge in [0.2, 0.25) is 5.89 Å². The summed E-state index contributed by atoms with van der Waals surface area (Å²) >= 11 is 1.41. The summed E-state index contributed by atoms with van der Waals surface area (Å²) in [5.41, 5.74) is 0. The summed E-state index contributed by atoms with van der Waals surface area (Å²) in [4.78, 5) is 16.9. The number of amides is 1. The van der Waals surface area contributed by atoms with E-state index in [1.165, 1.54) is 11.3 Å². The molecule has 0 spiro atoms. The number of rotatable bonds is 4. The van der Waals surface area contributed by atoms with E-state index in [0.717, 1.165) is 18.7 Å². The Labute approximate surface area is 108 Å². The first kappa shape index (κ1) is 11.4. The van der Waals surface area contributed by atoms with Crippen molar-refractivity contribution < 1.29 is 9.32 Å². The molecule has 0 bridgehead atoms. The van der Waals surface area contributed by atoms with E-state index in [1.54, 1.807) is 6.07 Å². The third-order valence-corrected chi connectivity index (χ3v) is 3.73. The maximum absolute atomic E-state index is 11.9. The largest absolute Gasteiger partial charge is 0.340 e. The van der Waals surface area contributed by atoms with Crippen LogP contribution in [0, 0.1) is 0 Å². The molecule has 1 amide bonds. The molecule has 94 valence electrons. The van der Waals surface area contributed by atoms with E-state index in [-0.39, 0.29) is 11.9 Å². The van der Waals surface area contributed by atoms with Crippen molar-refractivity contribution >= 4 is 17.2 Å². The van der Waals surface area contributed by atoms with Gasteiger partial charge in [0.05, 0.1) is 4.88 Å². The molecule has 1 aliphatic carbocycles. The molecule has 1 unspecified atom stereocenters. The van der Waals surface area contributed by atoms with Gasteiger partial charge in [-0.25, -0.2) is 0 Å². The van der Waals surface area contributed by atoms with Crippen molar-refractivity contribution in [3.8, 4) is 0 Å². The van der Waals surface area contributed by atoms with E-state index in [9.17, 15) is 4.79 Å². The van der Waals surface area contributed by atoms with Crippen LogP contribution in [-0.4, -0.2) is 16.0 Å². The molecule has 1 saturated carbocycles. The number of hydrogen-bond acceptors (Lipinski definition) is 5. The smallest absolute Gasteiger partial charge is 0.261 e. The summed E-state index contributed by atoms with van der Waals surface area (Å²) in [5, 5.41) is 8.65. The van der Waals surface area contributed by atoms with Gasteiger partial charge in [-0.3, -0.25) is 4.79 Å². The second-order valence-corrected chi connectivity index (χ2v) is 5.39. The normalized spacial score (nSPS) is 16.5. The Bertz CT molecular complexity index is 545. The molecule has 1 atom stereocenters. The predicted octanol–water partition coefficient (Wildman–Crippen LogP) is 2.50. The standard InChI is InChI=1S/C12H13N3O2S/c1-7(13-11(16)9-3-2-6-18-9)12-14-10(15-17-12)8-4-5-8/h2-3,6-8H,4-5H2,1H3,(H,13,16). The topological polar surface area (TPSA) is 68.0 Å². The third kappa shape index (κ3) is 2.28. The molecule has 18 heavy (non-hydrogen) atoms. The maximum Gasteiger partial charge on any atom is 0.261 e. The molecule has 6 heteroatoms. The highest BCUT2D eigenvalue weighted by atomic mass is 32.1. The molecular weight excluding hydrogens is 250 g/mol. The molecule has 1 fully saturated rings. The summed E-state index contributed by atoms with van der Waals surface area (Å²) in [5.74, 6) is 1.59. The first-order valence-electron chi connectivity index (χ1n) is 5.92. The van der Waals surface area contributed by atoms with Crippen LogP contribution in [-0.2, 0) is 0 Å². The van der Waals surface area contributed by atoms with Crippen LogP contribution in [0.1, 0.15) is 53.1 Å². The van der Waals surface area contributed by atoms with E-state index in [1.807, 2.05) is 18.4 Å². The van der Waals surface area contributed by atoms with Gasteiger partial charge in [0, 0.05) is 5.92 Å². The van der Waals surface area contributed by atoms with Crippen LogP contribution in [0.25, 0.3) is 0 Å². The molecule has 2 heterocycles. The predicted molar refractivity (Wildman–Crippen MR) is 66.5 cm³/mol. The Hall–Kier alpha value is -1.69. The van der Waals surface area contributed by atoms with Gasteiger partial charge in [-0.15, -0.1) is 11.3 Å². The second kappa shape index (κ2) is 4.53. The summed E-state index contributed by atoms with van der Waals surface area (Å²) in [6.45, 7) is 1.84. The third-order valence-electron chi connectivity index (χ3n) is 2.86. The van der Waals surface area contributed by atoms with Gasteiger partial charge in [-0.1, -0.05) is 11.2 Å². The summed E-state index contributed by atoms with van der Waals surface area (Å²) < 4.78 is 5.17. The zero-order valence-corrected chi connectivity index (χ0v) is 10.7. The van der Waals surface area contributed by atoms with Crippen molar-refractivity contribution in [1.82, 2.24) is 15.5 Å². The number of carbonyl (C=O) groups excluding carboxylic acids is 1. The van der Waals surface area contributed by atoms with Gasteiger partial charge in [-0.2, -0.15) is 4.98 Å². The van der Waals surface area contributed by atoms with Gasteiger partial charge in [0.1, 0.15) is 6.04 Å². The van der Waals surface area contributed by atoms with Crippen molar-refractivity contribution in [3.05, 3.63) is 34.1 Å². The lowest BCUT2D eigenvalue weighted by Crippen LogP contribution is -2.26. The Balaban J connectivity index is 1.66. The molecule has 1 N–H and O–H groups in total. The lowest BCUT2D eigenvalue weighted by molar-refractivity contribution is 0.0936. The number of aromatic nitrogens is 2. The van der Waals surface area contributed by atoms with E-state index in [4.69, 9.17) is 4.52 Å². The van der Waals surface area contributed by atoms with Crippen molar-refractivity contribution in [3.63, 3.8) is 0 Å². The van der Waals surface area contributed by atoms with E-state index in [0.29, 0.717) is 16.7 Å². The Morgan fingerprint density at radius 2 is 2.44 bits per heavy atom. The molecule has 2 aromatic heterocycles. The highest BCUT2D eigenvalue weighted by Gasteiger charge is 2.29. The fraction of sp³-hybridized carbons (Fsp3) is 0.417. The van der Waals surface area contributed by atoms with E-state index < -0.39 is 0 Å². The molecule has 0 aromatic carbocycles. The number of nitrogens with zero attached hydrogens (tertiary/aromatic N) is 2. The Kier molecular flexibility index (Phi) is 2.87. The fourth-order valence-electron chi connectivity index (χ4n) is 1.67. The minimum Gasteiger partial charge on any atom is -0.340 e. The van der Waals surface area contributed by atoms with Gasteiger partial charge >= 0.3 is 0 Å². The van der Waals surface area contributed by atoms with Crippen LogP contribution in [0.3, 0.4) is 0 Å². The minimum atomic E-state index is -0.264. The molecule has 5 nitrogen and oxygen atoms in total. The highest BCUT2D eigenvalue weighted by molar-refractivity contribution is 7.12. The van der Waals surface area contributed by atoms with Crippen molar-refractivity contribution in [1.29, 1.82) is 0 Å². The van der Waals surface area contributed by atoms with E-state index >= 15 is 0 Å². The van der Waals surface area contributed by atoms with E-state index in [2.05, 4.69) is 15.5 Å². The zero-order chi connectivity index (χ0) is 12.5. The number of nitrogens with one attached hydrogen (secondary N) is 1. The molecule has 3 rings (SSSR count). The molecule has 2 aromatic rings. The van der Waals surface area contributed by atoms with Gasteiger partial charge in [-0.05, 0) is 31.2 Å². The summed E-state index contributed by atoms with van der Waals surface area (Å²) in [6.07, 6.45) is 2.27. The molecule has 0 saturated heterocycles. The van der Waals surface area contributed by atoms with Crippen molar-refractivity contribution in [2.75, 3.05) is 0 Å². The van der Waals surface area contributed by atoms with Crippen molar-refractivity contribution in [2.24, 2.45) is 0 Å². The van der Waals surface area contributed by atoms with Crippen LogP contribution in [0.4, 0.5) is 0 Å². The quantitative estimate of drug-likeness (QED) is 0.920. The Morgan fingerprint density at radius 3 is 3.11 bits per heavy atom. The SMILES string of the molecule is CC(NC(=O)c1cccs1)c1nc(C2CC2)no1. The van der Waals surface area contributed by atoms with Crippen LogP contribution in [0.5, 0.6) is 0 Å². The number of hydrogen-bond donors (Lipinski definition) is 1.